The van der Waals surface area contributed by atoms with Crippen molar-refractivity contribution in [3.63, 3.8) is 0 Å². The van der Waals surface area contributed by atoms with Crippen LogP contribution < -0.4 is 21.1 Å². The molecule has 0 spiro atoms. The van der Waals surface area contributed by atoms with Gasteiger partial charge in [0, 0.05) is 38.9 Å². The number of rotatable bonds is 9. The van der Waals surface area contributed by atoms with Crippen molar-refractivity contribution < 1.29 is 14.0 Å². The van der Waals surface area contributed by atoms with E-state index < -0.39 is 0 Å². The SMILES string of the molecule is COc1cc(CNC2CCOCC2)cnc1Cn1ncc2nc(N)nc(NCc3noc(C)n3)c21. The fourth-order valence-corrected chi connectivity index (χ4v) is 4.05. The molecule has 184 valence electrons. The van der Waals surface area contributed by atoms with Crippen LogP contribution in [0.1, 0.15) is 35.8 Å². The Morgan fingerprint density at radius 3 is 2.80 bits per heavy atom. The maximum Gasteiger partial charge on any atom is 0.223 e. The minimum atomic E-state index is 0.140. The molecule has 0 amide bonds. The molecule has 0 unspecified atom stereocenters. The predicted molar refractivity (Wildman–Crippen MR) is 127 cm³/mol. The third-order valence-electron chi connectivity index (χ3n) is 5.81. The second kappa shape index (κ2) is 10.2. The Hall–Kier alpha value is -3.84. The molecule has 1 aliphatic rings. The molecule has 5 rings (SSSR count). The lowest BCUT2D eigenvalue weighted by molar-refractivity contribution is 0.0776. The van der Waals surface area contributed by atoms with E-state index >= 15 is 0 Å². The summed E-state index contributed by atoms with van der Waals surface area (Å²) in [5.41, 5.74) is 9.00. The summed E-state index contributed by atoms with van der Waals surface area (Å²) in [6.07, 6.45) is 5.55. The fraction of sp³-hybridized carbons (Fsp3) is 0.455. The second-order valence-corrected chi connectivity index (χ2v) is 8.31. The number of hydrogen-bond acceptors (Lipinski definition) is 12. The van der Waals surface area contributed by atoms with Gasteiger partial charge in [0.25, 0.3) is 0 Å². The highest BCUT2D eigenvalue weighted by molar-refractivity contribution is 5.86. The number of hydrogen-bond donors (Lipinski definition) is 3. The molecule has 13 nitrogen and oxygen atoms in total. The fourth-order valence-electron chi connectivity index (χ4n) is 4.05. The van der Waals surface area contributed by atoms with Gasteiger partial charge in [0.15, 0.2) is 11.6 Å². The van der Waals surface area contributed by atoms with Crippen molar-refractivity contribution in [3.05, 3.63) is 41.4 Å². The topological polar surface area (TPSA) is 164 Å². The van der Waals surface area contributed by atoms with E-state index in [0.717, 1.165) is 43.9 Å². The van der Waals surface area contributed by atoms with Gasteiger partial charge in [-0.1, -0.05) is 5.16 Å². The number of ether oxygens (including phenoxy) is 2. The van der Waals surface area contributed by atoms with Crippen LogP contribution in [0.15, 0.2) is 23.0 Å². The molecule has 0 radical (unpaired) electrons. The van der Waals surface area contributed by atoms with E-state index in [1.54, 1.807) is 24.9 Å². The number of nitrogens with two attached hydrogens (primary N) is 1. The van der Waals surface area contributed by atoms with Crippen LogP contribution in [0, 0.1) is 6.92 Å². The largest absolute Gasteiger partial charge is 0.495 e. The zero-order valence-electron chi connectivity index (χ0n) is 19.7. The van der Waals surface area contributed by atoms with Crippen LogP contribution in [0.2, 0.25) is 0 Å². The Morgan fingerprint density at radius 1 is 1.17 bits per heavy atom. The van der Waals surface area contributed by atoms with Crippen LogP contribution in [0.3, 0.4) is 0 Å². The molecule has 0 aliphatic carbocycles. The standard InChI is InChI=1S/C22H28N10O3/c1-13-28-19(31-35-13)11-26-21-20-16(29-22(23)30-21)10-27-32(20)12-17-18(33-2)7-14(9-25-17)8-24-15-3-5-34-6-4-15/h7,9-10,15,24H,3-6,8,11-12H2,1-2H3,(H3,23,26,29,30). The van der Waals surface area contributed by atoms with Crippen LogP contribution in [0.25, 0.3) is 11.0 Å². The lowest BCUT2D eigenvalue weighted by Gasteiger charge is -2.23. The minimum absolute atomic E-state index is 0.140. The van der Waals surface area contributed by atoms with Gasteiger partial charge < -0.3 is 30.4 Å². The highest BCUT2D eigenvalue weighted by atomic mass is 16.5. The summed E-state index contributed by atoms with van der Waals surface area (Å²) in [4.78, 5) is 17.5. The van der Waals surface area contributed by atoms with Gasteiger partial charge >= 0.3 is 0 Å². The first-order valence-corrected chi connectivity index (χ1v) is 11.4. The van der Waals surface area contributed by atoms with Gasteiger partial charge in [-0.2, -0.15) is 15.1 Å². The lowest BCUT2D eigenvalue weighted by Crippen LogP contribution is -2.34. The smallest absolute Gasteiger partial charge is 0.223 e. The van der Waals surface area contributed by atoms with E-state index in [2.05, 4.69) is 40.8 Å². The monoisotopic (exact) mass is 480 g/mol. The van der Waals surface area contributed by atoms with Gasteiger partial charge in [-0.25, -0.2) is 4.98 Å². The quantitative estimate of drug-likeness (QED) is 0.316. The number of pyridine rings is 1. The average molecular weight is 481 g/mol. The highest BCUT2D eigenvalue weighted by Gasteiger charge is 2.17. The summed E-state index contributed by atoms with van der Waals surface area (Å²) in [7, 11) is 1.64. The second-order valence-electron chi connectivity index (χ2n) is 8.31. The Balaban J connectivity index is 1.35. The Morgan fingerprint density at radius 2 is 2.03 bits per heavy atom. The van der Waals surface area contributed by atoms with Crippen molar-refractivity contribution in [1.82, 2.24) is 40.2 Å². The number of fused-ring (bicyclic) bond motifs is 1. The zero-order valence-corrected chi connectivity index (χ0v) is 19.7. The average Bonchev–Trinajstić information content (AvgIpc) is 3.48. The molecule has 0 aromatic carbocycles. The number of nitrogens with one attached hydrogen (secondary N) is 2. The summed E-state index contributed by atoms with van der Waals surface area (Å²) < 4.78 is 17.9. The zero-order chi connectivity index (χ0) is 24.2. The van der Waals surface area contributed by atoms with Crippen molar-refractivity contribution in [3.8, 4) is 5.75 Å². The molecular weight excluding hydrogens is 452 g/mol. The number of nitrogen functional groups attached to an aromatic ring is 1. The van der Waals surface area contributed by atoms with Crippen LogP contribution >= 0.6 is 0 Å². The Labute approximate surface area is 201 Å². The molecule has 1 saturated heterocycles. The first-order valence-electron chi connectivity index (χ1n) is 11.4. The van der Waals surface area contributed by atoms with E-state index in [1.165, 1.54) is 0 Å². The van der Waals surface area contributed by atoms with Crippen molar-refractivity contribution >= 4 is 22.8 Å². The van der Waals surface area contributed by atoms with E-state index in [-0.39, 0.29) is 5.95 Å². The van der Waals surface area contributed by atoms with E-state index in [4.69, 9.17) is 19.7 Å². The summed E-state index contributed by atoms with van der Waals surface area (Å²) in [5, 5.41) is 15.2. The minimum Gasteiger partial charge on any atom is -0.495 e. The molecule has 4 N–H and O–H groups in total. The highest BCUT2D eigenvalue weighted by Crippen LogP contribution is 2.25. The molecule has 5 heterocycles. The number of anilines is 2. The van der Waals surface area contributed by atoms with E-state index in [1.807, 2.05) is 12.3 Å². The molecule has 0 bridgehead atoms. The summed E-state index contributed by atoms with van der Waals surface area (Å²) >= 11 is 0. The first-order chi connectivity index (χ1) is 17.1. The molecule has 35 heavy (non-hydrogen) atoms. The van der Waals surface area contributed by atoms with Gasteiger partial charge in [0.05, 0.1) is 26.4 Å². The number of aryl methyl sites for hydroxylation is 1. The van der Waals surface area contributed by atoms with E-state index in [0.29, 0.717) is 53.4 Å². The Kier molecular flexibility index (Phi) is 6.68. The number of aromatic nitrogens is 7. The first kappa shape index (κ1) is 22.9. The number of methoxy groups -OCH3 is 1. The van der Waals surface area contributed by atoms with Crippen molar-refractivity contribution in [2.45, 2.75) is 45.4 Å². The van der Waals surface area contributed by atoms with Crippen molar-refractivity contribution in [2.24, 2.45) is 0 Å². The van der Waals surface area contributed by atoms with Gasteiger partial charge in [-0.15, -0.1) is 0 Å². The van der Waals surface area contributed by atoms with Crippen LogP contribution in [-0.2, 0) is 24.4 Å². The normalized spacial score (nSPS) is 14.5. The van der Waals surface area contributed by atoms with Crippen LogP contribution in [0.4, 0.5) is 11.8 Å². The van der Waals surface area contributed by atoms with Crippen LogP contribution in [-0.4, -0.2) is 61.2 Å². The Bertz CT molecular complexity index is 1300. The maximum atomic E-state index is 5.91. The number of nitrogens with zero attached hydrogens (tertiary/aromatic N) is 7. The lowest BCUT2D eigenvalue weighted by atomic mass is 10.1. The van der Waals surface area contributed by atoms with Crippen molar-refractivity contribution in [2.75, 3.05) is 31.4 Å². The molecule has 0 saturated carbocycles. The summed E-state index contributed by atoms with van der Waals surface area (Å²) in [5.74, 6) is 2.34. The van der Waals surface area contributed by atoms with Gasteiger partial charge in [-0.05, 0) is 24.5 Å². The molecule has 4 aromatic heterocycles. The van der Waals surface area contributed by atoms with Gasteiger partial charge in [-0.3, -0.25) is 9.67 Å². The molecule has 4 aromatic rings. The molecule has 13 heteroatoms. The van der Waals surface area contributed by atoms with Crippen LogP contribution in [0.5, 0.6) is 5.75 Å². The summed E-state index contributed by atoms with van der Waals surface area (Å²) in [6.45, 7) is 4.73. The molecular formula is C22H28N10O3. The molecule has 1 aliphatic heterocycles. The molecule has 1 fully saturated rings. The van der Waals surface area contributed by atoms with E-state index in [9.17, 15) is 0 Å². The maximum absolute atomic E-state index is 5.91. The van der Waals surface area contributed by atoms with Gasteiger partial charge in [0.1, 0.15) is 22.5 Å². The molecule has 0 atom stereocenters. The third kappa shape index (κ3) is 5.30. The van der Waals surface area contributed by atoms with Crippen molar-refractivity contribution in [1.29, 1.82) is 0 Å². The third-order valence-corrected chi connectivity index (χ3v) is 5.81. The summed E-state index contributed by atoms with van der Waals surface area (Å²) in [6, 6.07) is 2.46. The predicted octanol–water partition coefficient (Wildman–Crippen LogP) is 1.43. The van der Waals surface area contributed by atoms with Gasteiger partial charge in [0.2, 0.25) is 11.8 Å².